The van der Waals surface area contributed by atoms with Gasteiger partial charge in [0.25, 0.3) is 0 Å². The Morgan fingerprint density at radius 2 is 1.87 bits per heavy atom. The molecule has 0 saturated carbocycles. The van der Waals surface area contributed by atoms with Crippen molar-refractivity contribution in [2.75, 3.05) is 56.2 Å². The molecule has 2 aromatic rings. The molecule has 2 aromatic heterocycles. The number of amides is 1. The van der Waals surface area contributed by atoms with Crippen molar-refractivity contribution in [1.29, 1.82) is 0 Å². The van der Waals surface area contributed by atoms with Crippen LogP contribution in [0.15, 0.2) is 43.3 Å². The summed E-state index contributed by atoms with van der Waals surface area (Å²) in [6.07, 6.45) is 11.4. The minimum atomic E-state index is -0.126. The van der Waals surface area contributed by atoms with E-state index in [2.05, 4.69) is 71.7 Å². The third kappa shape index (κ3) is 5.17. The van der Waals surface area contributed by atoms with Crippen molar-refractivity contribution in [3.8, 4) is 0 Å². The highest BCUT2D eigenvalue weighted by atomic mass is 16.5. The number of hydrogen-bond acceptors (Lipinski definition) is 8. The Balaban J connectivity index is 1.31. The highest BCUT2D eigenvalue weighted by molar-refractivity contribution is 5.87. The Hall–Kier alpha value is -3.30. The lowest BCUT2D eigenvalue weighted by atomic mass is 9.81. The zero-order valence-corrected chi connectivity index (χ0v) is 22.8. The molecule has 1 atom stereocenters. The van der Waals surface area contributed by atoms with Gasteiger partial charge < -0.3 is 19.9 Å². The number of hydrogen-bond donors (Lipinski definition) is 1. The van der Waals surface area contributed by atoms with E-state index in [1.165, 1.54) is 11.6 Å². The SMILES string of the molecule is C=CC(=O)N1CCN(C2(c3ccc([C@H](C)Nc4ncc5c(n4)N(C(C)C)CC=C5)nc3)CCOCC2)CC1. The Bertz CT molecular complexity index is 1170. The van der Waals surface area contributed by atoms with Gasteiger partial charge >= 0.3 is 0 Å². The monoisotopic (exact) mass is 517 g/mol. The maximum Gasteiger partial charge on any atom is 0.246 e. The molecule has 9 heteroatoms. The van der Waals surface area contributed by atoms with Crippen LogP contribution >= 0.6 is 0 Å². The molecule has 2 saturated heterocycles. The van der Waals surface area contributed by atoms with Crippen LogP contribution in [0, 0.1) is 0 Å². The molecule has 0 radical (unpaired) electrons. The molecule has 202 valence electrons. The standard InChI is InChI=1S/C29H39N7O2/c1-5-26(37)34-13-15-35(16-14-34)29(10-17-38-18-11-29)24-8-9-25(30-20-24)22(4)32-28-31-19-23-7-6-12-36(21(2)3)27(23)33-28/h5-9,19-22H,1,10-18H2,2-4H3,(H,31,32,33)/t22-/m0/s1. The van der Waals surface area contributed by atoms with E-state index in [0.717, 1.165) is 62.8 Å². The second-order valence-electron chi connectivity index (χ2n) is 10.6. The third-order valence-electron chi connectivity index (χ3n) is 8.10. The number of carbonyl (C=O) groups is 1. The van der Waals surface area contributed by atoms with Gasteiger partial charge in [-0.05, 0) is 51.3 Å². The lowest BCUT2D eigenvalue weighted by Crippen LogP contribution is -2.58. The molecule has 38 heavy (non-hydrogen) atoms. The number of ether oxygens (including phenoxy) is 1. The first-order valence-electron chi connectivity index (χ1n) is 13.7. The van der Waals surface area contributed by atoms with Crippen LogP contribution in [-0.4, -0.2) is 82.6 Å². The van der Waals surface area contributed by atoms with E-state index < -0.39 is 0 Å². The summed E-state index contributed by atoms with van der Waals surface area (Å²) in [5.74, 6) is 1.58. The Morgan fingerprint density at radius 1 is 1.11 bits per heavy atom. The number of piperazine rings is 1. The third-order valence-corrected chi connectivity index (χ3v) is 8.10. The topological polar surface area (TPSA) is 86.7 Å². The van der Waals surface area contributed by atoms with Gasteiger partial charge in [0.2, 0.25) is 11.9 Å². The first kappa shape index (κ1) is 26.3. The smallest absolute Gasteiger partial charge is 0.246 e. The zero-order valence-electron chi connectivity index (χ0n) is 22.8. The Morgan fingerprint density at radius 3 is 2.53 bits per heavy atom. The molecule has 0 aliphatic carbocycles. The molecule has 5 heterocycles. The van der Waals surface area contributed by atoms with E-state index in [4.69, 9.17) is 14.7 Å². The lowest BCUT2D eigenvalue weighted by molar-refractivity contribution is -0.130. The van der Waals surface area contributed by atoms with Gasteiger partial charge in [0, 0.05) is 69.9 Å². The van der Waals surface area contributed by atoms with Crippen LogP contribution < -0.4 is 10.2 Å². The quantitative estimate of drug-likeness (QED) is 0.558. The average Bonchev–Trinajstić information content (AvgIpc) is 2.96. The average molecular weight is 518 g/mol. The van der Waals surface area contributed by atoms with Crippen LogP contribution in [0.5, 0.6) is 0 Å². The first-order valence-corrected chi connectivity index (χ1v) is 13.7. The van der Waals surface area contributed by atoms with E-state index in [1.54, 1.807) is 0 Å². The van der Waals surface area contributed by atoms with Crippen molar-refractivity contribution in [3.05, 3.63) is 60.1 Å². The number of carbonyl (C=O) groups excluding carboxylic acids is 1. The molecule has 0 unspecified atom stereocenters. The van der Waals surface area contributed by atoms with Crippen molar-refractivity contribution < 1.29 is 9.53 Å². The Kier molecular flexibility index (Phi) is 7.76. The van der Waals surface area contributed by atoms with Crippen molar-refractivity contribution in [2.45, 2.75) is 51.2 Å². The molecule has 5 rings (SSSR count). The molecular weight excluding hydrogens is 478 g/mol. The van der Waals surface area contributed by atoms with Crippen LogP contribution in [-0.2, 0) is 15.1 Å². The van der Waals surface area contributed by atoms with E-state index >= 15 is 0 Å². The van der Waals surface area contributed by atoms with Crippen molar-refractivity contribution in [2.24, 2.45) is 0 Å². The highest BCUT2D eigenvalue weighted by Crippen LogP contribution is 2.39. The zero-order chi connectivity index (χ0) is 26.7. The van der Waals surface area contributed by atoms with Crippen LogP contribution in [0.4, 0.5) is 11.8 Å². The normalized spacial score (nSPS) is 20.2. The van der Waals surface area contributed by atoms with E-state index in [9.17, 15) is 4.79 Å². The maximum absolute atomic E-state index is 12.1. The minimum Gasteiger partial charge on any atom is -0.381 e. The molecule has 9 nitrogen and oxygen atoms in total. The largest absolute Gasteiger partial charge is 0.381 e. The number of aromatic nitrogens is 3. The van der Waals surface area contributed by atoms with Gasteiger partial charge in [0.15, 0.2) is 0 Å². The van der Waals surface area contributed by atoms with Gasteiger partial charge in [0.1, 0.15) is 5.82 Å². The number of rotatable bonds is 7. The maximum atomic E-state index is 12.1. The first-order chi connectivity index (χ1) is 18.4. The van der Waals surface area contributed by atoms with E-state index in [1.807, 2.05) is 17.3 Å². The summed E-state index contributed by atoms with van der Waals surface area (Å²) in [4.78, 5) is 33.1. The molecule has 0 spiro atoms. The molecular formula is C29H39N7O2. The predicted octanol–water partition coefficient (Wildman–Crippen LogP) is 3.62. The summed E-state index contributed by atoms with van der Waals surface area (Å²) in [6, 6.07) is 4.64. The summed E-state index contributed by atoms with van der Waals surface area (Å²) < 4.78 is 5.75. The fourth-order valence-corrected chi connectivity index (χ4v) is 5.82. The molecule has 0 bridgehead atoms. The van der Waals surface area contributed by atoms with Gasteiger partial charge in [-0.25, -0.2) is 4.98 Å². The van der Waals surface area contributed by atoms with Crippen molar-refractivity contribution >= 4 is 23.7 Å². The molecule has 2 fully saturated rings. The number of pyridine rings is 1. The van der Waals surface area contributed by atoms with Crippen LogP contribution in [0.3, 0.4) is 0 Å². The Labute approximate surface area is 225 Å². The highest BCUT2D eigenvalue weighted by Gasteiger charge is 2.42. The molecule has 3 aliphatic heterocycles. The molecule has 1 amide bonds. The van der Waals surface area contributed by atoms with Gasteiger partial charge in [-0.15, -0.1) is 0 Å². The predicted molar refractivity (Wildman–Crippen MR) is 150 cm³/mol. The van der Waals surface area contributed by atoms with Crippen LogP contribution in [0.25, 0.3) is 6.08 Å². The second kappa shape index (κ2) is 11.2. The van der Waals surface area contributed by atoms with E-state index in [-0.39, 0.29) is 17.5 Å². The van der Waals surface area contributed by atoms with Gasteiger partial charge in [-0.1, -0.05) is 24.8 Å². The van der Waals surface area contributed by atoms with E-state index in [0.29, 0.717) is 25.1 Å². The second-order valence-corrected chi connectivity index (χ2v) is 10.6. The fourth-order valence-electron chi connectivity index (χ4n) is 5.82. The number of nitrogens with one attached hydrogen (secondary N) is 1. The number of fused-ring (bicyclic) bond motifs is 1. The van der Waals surface area contributed by atoms with Gasteiger partial charge in [-0.3, -0.25) is 14.7 Å². The summed E-state index contributed by atoms with van der Waals surface area (Å²) in [6.45, 7) is 15.5. The summed E-state index contributed by atoms with van der Waals surface area (Å²) in [5.41, 5.74) is 3.07. The van der Waals surface area contributed by atoms with Crippen molar-refractivity contribution in [3.63, 3.8) is 0 Å². The minimum absolute atomic E-state index is 0.00877. The molecule has 3 aliphatic rings. The number of anilines is 2. The van der Waals surface area contributed by atoms with Crippen LogP contribution in [0.2, 0.25) is 0 Å². The lowest BCUT2D eigenvalue weighted by Gasteiger charge is -2.49. The number of nitrogens with zero attached hydrogens (tertiary/aromatic N) is 6. The molecule has 0 aromatic carbocycles. The summed E-state index contributed by atoms with van der Waals surface area (Å²) in [5, 5.41) is 3.45. The fraction of sp³-hybridized carbons (Fsp3) is 0.517. The summed E-state index contributed by atoms with van der Waals surface area (Å²) in [7, 11) is 0. The van der Waals surface area contributed by atoms with Crippen molar-refractivity contribution in [1.82, 2.24) is 24.8 Å². The van der Waals surface area contributed by atoms with Gasteiger partial charge in [0.05, 0.1) is 17.3 Å². The van der Waals surface area contributed by atoms with Gasteiger partial charge in [-0.2, -0.15) is 4.98 Å². The van der Waals surface area contributed by atoms with Crippen LogP contribution in [0.1, 0.15) is 56.5 Å². The molecule has 1 N–H and O–H groups in total. The summed E-state index contributed by atoms with van der Waals surface area (Å²) >= 11 is 0.